The first-order chi connectivity index (χ1) is 9.06. The van der Waals surface area contributed by atoms with Gasteiger partial charge in [0.25, 0.3) is 0 Å². The first-order valence-electron chi connectivity index (χ1n) is 6.93. The fourth-order valence-electron chi connectivity index (χ4n) is 2.55. The van der Waals surface area contributed by atoms with E-state index in [1.165, 1.54) is 0 Å². The Kier molecular flexibility index (Phi) is 6.48. The fraction of sp³-hybridized carbons (Fsp3) is 0.846. The Morgan fingerprint density at radius 3 is 2.63 bits per heavy atom. The number of nitrogens with zero attached hydrogens (tertiary/aromatic N) is 1. The molecular formula is C13H25N3O2S. The number of carbonyl (C=O) groups excluding carboxylic acids is 1. The van der Waals surface area contributed by atoms with Crippen LogP contribution in [0.4, 0.5) is 0 Å². The summed E-state index contributed by atoms with van der Waals surface area (Å²) in [5.41, 5.74) is 4.99. The van der Waals surface area contributed by atoms with Gasteiger partial charge in [0, 0.05) is 11.8 Å². The molecule has 1 unspecified atom stereocenters. The van der Waals surface area contributed by atoms with Crippen molar-refractivity contribution in [3.8, 4) is 0 Å². The molecule has 1 aliphatic carbocycles. The smallest absolute Gasteiger partial charge is 0.234 e. The quantitative estimate of drug-likeness (QED) is 0.301. The Morgan fingerprint density at radius 2 is 2.11 bits per heavy atom. The third-order valence-electron chi connectivity index (χ3n) is 3.69. The highest BCUT2D eigenvalue weighted by Crippen LogP contribution is 2.37. The van der Waals surface area contributed by atoms with Crippen LogP contribution >= 0.6 is 11.8 Å². The van der Waals surface area contributed by atoms with Crippen LogP contribution in [-0.4, -0.2) is 34.5 Å². The number of rotatable bonds is 6. The molecule has 4 N–H and O–H groups in total. The summed E-state index contributed by atoms with van der Waals surface area (Å²) in [6, 6.07) is 0.0998. The van der Waals surface area contributed by atoms with Gasteiger partial charge in [0.2, 0.25) is 5.91 Å². The number of thioether (sulfide) groups is 1. The summed E-state index contributed by atoms with van der Waals surface area (Å²) >= 11 is 1.79. The van der Waals surface area contributed by atoms with Gasteiger partial charge in [-0.2, -0.15) is 11.8 Å². The molecule has 1 atom stereocenters. The molecule has 19 heavy (non-hydrogen) atoms. The van der Waals surface area contributed by atoms with E-state index in [-0.39, 0.29) is 17.8 Å². The van der Waals surface area contributed by atoms with Crippen molar-refractivity contribution in [2.24, 2.45) is 16.3 Å². The van der Waals surface area contributed by atoms with Gasteiger partial charge < -0.3 is 16.3 Å². The monoisotopic (exact) mass is 287 g/mol. The molecule has 0 aromatic carbocycles. The van der Waals surface area contributed by atoms with E-state index in [1.807, 2.05) is 6.92 Å². The zero-order chi connectivity index (χ0) is 14.3. The highest BCUT2D eigenvalue weighted by atomic mass is 32.2. The summed E-state index contributed by atoms with van der Waals surface area (Å²) in [6.45, 7) is 4.08. The van der Waals surface area contributed by atoms with E-state index in [2.05, 4.69) is 17.4 Å². The van der Waals surface area contributed by atoms with Gasteiger partial charge in [-0.15, -0.1) is 0 Å². The SMILES string of the molecule is CCSCC(C)NC(=O)C1(C(N)=NO)CCCCC1. The number of hydrogen-bond acceptors (Lipinski definition) is 4. The van der Waals surface area contributed by atoms with Crippen LogP contribution in [0.2, 0.25) is 0 Å². The average Bonchev–Trinajstić information content (AvgIpc) is 2.44. The molecule has 0 aromatic heterocycles. The topological polar surface area (TPSA) is 87.7 Å². The maximum Gasteiger partial charge on any atom is 0.234 e. The Hall–Kier alpha value is -0.910. The second-order valence-corrected chi connectivity index (χ2v) is 6.48. The van der Waals surface area contributed by atoms with Crippen LogP contribution in [0.1, 0.15) is 46.0 Å². The predicted molar refractivity (Wildman–Crippen MR) is 79.5 cm³/mol. The van der Waals surface area contributed by atoms with Crippen molar-refractivity contribution in [2.45, 2.75) is 52.0 Å². The maximum absolute atomic E-state index is 12.5. The number of amides is 1. The van der Waals surface area contributed by atoms with Crippen molar-refractivity contribution in [3.63, 3.8) is 0 Å². The van der Waals surface area contributed by atoms with Gasteiger partial charge in [-0.1, -0.05) is 31.3 Å². The molecule has 0 saturated heterocycles. The number of carbonyl (C=O) groups is 1. The Labute approximate surface area is 119 Å². The van der Waals surface area contributed by atoms with Gasteiger partial charge in [0.05, 0.1) is 0 Å². The first kappa shape index (κ1) is 16.1. The molecule has 0 radical (unpaired) electrons. The third kappa shape index (κ3) is 4.03. The van der Waals surface area contributed by atoms with E-state index < -0.39 is 5.41 Å². The molecule has 0 aliphatic heterocycles. The van der Waals surface area contributed by atoms with Crippen LogP contribution in [-0.2, 0) is 4.79 Å². The summed E-state index contributed by atoms with van der Waals surface area (Å²) in [7, 11) is 0. The standard InChI is InChI=1S/C13H25N3O2S/c1-3-19-9-10(2)15-12(17)13(11(14)16-18)7-5-4-6-8-13/h10,18H,3-9H2,1-2H3,(H2,14,16)(H,15,17). The van der Waals surface area contributed by atoms with Crippen molar-refractivity contribution in [1.82, 2.24) is 5.32 Å². The molecular weight excluding hydrogens is 262 g/mol. The minimum absolute atomic E-state index is 0.0556. The molecule has 1 rings (SSSR count). The largest absolute Gasteiger partial charge is 0.409 e. The number of nitrogens with two attached hydrogens (primary N) is 1. The lowest BCUT2D eigenvalue weighted by molar-refractivity contribution is -0.129. The molecule has 1 saturated carbocycles. The highest BCUT2D eigenvalue weighted by Gasteiger charge is 2.44. The van der Waals surface area contributed by atoms with Crippen LogP contribution in [0.5, 0.6) is 0 Å². The molecule has 0 spiro atoms. The number of hydrogen-bond donors (Lipinski definition) is 3. The van der Waals surface area contributed by atoms with E-state index in [0.29, 0.717) is 12.8 Å². The third-order valence-corrected chi connectivity index (χ3v) is 4.83. The maximum atomic E-state index is 12.5. The number of oxime groups is 1. The first-order valence-corrected chi connectivity index (χ1v) is 8.09. The highest BCUT2D eigenvalue weighted by molar-refractivity contribution is 7.99. The lowest BCUT2D eigenvalue weighted by Crippen LogP contribution is -2.53. The lowest BCUT2D eigenvalue weighted by Gasteiger charge is -2.35. The predicted octanol–water partition coefficient (Wildman–Crippen LogP) is 1.94. The summed E-state index contributed by atoms with van der Waals surface area (Å²) in [4.78, 5) is 12.5. The second kappa shape index (κ2) is 7.62. The lowest BCUT2D eigenvalue weighted by atomic mass is 9.72. The summed E-state index contributed by atoms with van der Waals surface area (Å²) in [6.07, 6.45) is 4.34. The Balaban J connectivity index is 2.72. The molecule has 1 fully saturated rings. The molecule has 110 valence electrons. The van der Waals surface area contributed by atoms with Crippen molar-refractivity contribution in [2.75, 3.05) is 11.5 Å². The van der Waals surface area contributed by atoms with Crippen molar-refractivity contribution < 1.29 is 10.0 Å². The van der Waals surface area contributed by atoms with Crippen LogP contribution in [0.3, 0.4) is 0 Å². The van der Waals surface area contributed by atoms with E-state index in [4.69, 9.17) is 10.9 Å². The van der Waals surface area contributed by atoms with Crippen LogP contribution in [0, 0.1) is 5.41 Å². The summed E-state index contributed by atoms with van der Waals surface area (Å²) < 4.78 is 0. The molecule has 1 aliphatic rings. The average molecular weight is 287 g/mol. The normalized spacial score (nSPS) is 20.8. The van der Waals surface area contributed by atoms with Crippen molar-refractivity contribution in [1.29, 1.82) is 0 Å². The van der Waals surface area contributed by atoms with Crippen molar-refractivity contribution in [3.05, 3.63) is 0 Å². The summed E-state index contributed by atoms with van der Waals surface area (Å²) in [5, 5.41) is 15.1. The fourth-order valence-corrected chi connectivity index (χ4v) is 3.22. The van der Waals surface area contributed by atoms with Gasteiger partial charge in [0.15, 0.2) is 5.84 Å². The van der Waals surface area contributed by atoms with E-state index in [0.717, 1.165) is 30.8 Å². The van der Waals surface area contributed by atoms with Crippen LogP contribution in [0.15, 0.2) is 5.16 Å². The van der Waals surface area contributed by atoms with Gasteiger partial charge in [-0.3, -0.25) is 4.79 Å². The molecule has 0 aromatic rings. The van der Waals surface area contributed by atoms with E-state index in [9.17, 15) is 4.79 Å². The van der Waals surface area contributed by atoms with Crippen molar-refractivity contribution >= 4 is 23.5 Å². The Morgan fingerprint density at radius 1 is 1.47 bits per heavy atom. The van der Waals surface area contributed by atoms with E-state index in [1.54, 1.807) is 11.8 Å². The van der Waals surface area contributed by atoms with Gasteiger partial charge in [-0.25, -0.2) is 0 Å². The minimum atomic E-state index is -0.807. The van der Waals surface area contributed by atoms with Gasteiger partial charge >= 0.3 is 0 Å². The summed E-state index contributed by atoms with van der Waals surface area (Å²) in [5.74, 6) is 1.88. The van der Waals surface area contributed by atoms with Gasteiger partial charge in [0.1, 0.15) is 5.41 Å². The molecule has 0 heterocycles. The van der Waals surface area contributed by atoms with Gasteiger partial charge in [-0.05, 0) is 25.5 Å². The number of amidine groups is 1. The Bertz CT molecular complexity index is 328. The molecule has 0 bridgehead atoms. The number of nitrogens with one attached hydrogen (secondary N) is 1. The molecule has 5 nitrogen and oxygen atoms in total. The minimum Gasteiger partial charge on any atom is -0.409 e. The molecule has 1 amide bonds. The second-order valence-electron chi connectivity index (χ2n) is 5.16. The van der Waals surface area contributed by atoms with E-state index >= 15 is 0 Å². The van der Waals surface area contributed by atoms with Crippen LogP contribution in [0.25, 0.3) is 0 Å². The molecule has 6 heteroatoms. The zero-order valence-corrected chi connectivity index (χ0v) is 12.6. The zero-order valence-electron chi connectivity index (χ0n) is 11.8. The van der Waals surface area contributed by atoms with Crippen LogP contribution < -0.4 is 11.1 Å².